The Morgan fingerprint density at radius 2 is 2.25 bits per heavy atom. The van der Waals surface area contributed by atoms with Crippen molar-refractivity contribution in [1.82, 2.24) is 20.3 Å². The number of nitrogens with zero attached hydrogens (tertiary/aromatic N) is 2. The van der Waals surface area contributed by atoms with Gasteiger partial charge in [-0.1, -0.05) is 6.92 Å². The van der Waals surface area contributed by atoms with Gasteiger partial charge >= 0.3 is 0 Å². The van der Waals surface area contributed by atoms with Crippen LogP contribution in [0.5, 0.6) is 0 Å². The van der Waals surface area contributed by atoms with Gasteiger partial charge in [-0.25, -0.2) is 9.97 Å². The van der Waals surface area contributed by atoms with E-state index in [1.54, 1.807) is 24.7 Å². The van der Waals surface area contributed by atoms with Crippen molar-refractivity contribution >= 4 is 11.6 Å². The maximum absolute atomic E-state index is 12.0. The van der Waals surface area contributed by atoms with Crippen LogP contribution in [0.1, 0.15) is 42.6 Å². The minimum Gasteiger partial charge on any atom is -0.384 e. The van der Waals surface area contributed by atoms with Crippen LogP contribution in [0.4, 0.5) is 5.69 Å². The largest absolute Gasteiger partial charge is 0.384 e. The molecule has 1 atom stereocenters. The molecule has 2 aromatic rings. The second kappa shape index (κ2) is 6.70. The first-order valence-corrected chi connectivity index (χ1v) is 6.70. The Hall–Kier alpha value is -2.37. The van der Waals surface area contributed by atoms with Crippen molar-refractivity contribution in [1.29, 1.82) is 0 Å². The number of anilines is 1. The Bertz CT molecular complexity index is 535. The van der Waals surface area contributed by atoms with Crippen molar-refractivity contribution in [3.8, 4) is 0 Å². The van der Waals surface area contributed by atoms with Crippen LogP contribution in [0, 0.1) is 0 Å². The predicted molar refractivity (Wildman–Crippen MR) is 77.5 cm³/mol. The van der Waals surface area contributed by atoms with Gasteiger partial charge in [0.1, 0.15) is 11.5 Å². The third kappa shape index (κ3) is 3.57. The molecule has 6 heteroatoms. The fraction of sp³-hybridized carbons (Fsp3) is 0.357. The Balaban J connectivity index is 1.95. The lowest BCUT2D eigenvalue weighted by atomic mass is 10.2. The van der Waals surface area contributed by atoms with E-state index in [-0.39, 0.29) is 11.9 Å². The maximum atomic E-state index is 12.0. The zero-order valence-electron chi connectivity index (χ0n) is 11.7. The summed E-state index contributed by atoms with van der Waals surface area (Å²) in [7, 11) is 0. The van der Waals surface area contributed by atoms with E-state index in [2.05, 4.69) is 32.5 Å². The van der Waals surface area contributed by atoms with Gasteiger partial charge in [0.25, 0.3) is 5.91 Å². The average Bonchev–Trinajstić information content (AvgIpc) is 3.00. The number of H-pyrrole nitrogens is 1. The molecule has 0 saturated heterocycles. The van der Waals surface area contributed by atoms with Crippen LogP contribution >= 0.6 is 0 Å². The number of carbonyl (C=O) groups is 1. The zero-order chi connectivity index (χ0) is 14.4. The van der Waals surface area contributed by atoms with Gasteiger partial charge in [0.15, 0.2) is 0 Å². The molecule has 2 rings (SSSR count). The Morgan fingerprint density at radius 3 is 2.85 bits per heavy atom. The Labute approximate surface area is 118 Å². The van der Waals surface area contributed by atoms with Crippen LogP contribution < -0.4 is 10.6 Å². The van der Waals surface area contributed by atoms with Crippen molar-refractivity contribution in [3.05, 3.63) is 42.2 Å². The molecule has 0 saturated carbocycles. The highest BCUT2D eigenvalue weighted by molar-refractivity contribution is 5.92. The van der Waals surface area contributed by atoms with E-state index >= 15 is 0 Å². The number of rotatable bonds is 6. The third-order valence-corrected chi connectivity index (χ3v) is 2.85. The third-order valence-electron chi connectivity index (χ3n) is 2.85. The molecular weight excluding hydrogens is 254 g/mol. The highest BCUT2D eigenvalue weighted by Crippen LogP contribution is 2.09. The number of aromatic nitrogens is 3. The molecule has 0 bridgehead atoms. The zero-order valence-corrected chi connectivity index (χ0v) is 11.7. The van der Waals surface area contributed by atoms with Crippen molar-refractivity contribution in [2.24, 2.45) is 0 Å². The van der Waals surface area contributed by atoms with Gasteiger partial charge < -0.3 is 15.6 Å². The first kappa shape index (κ1) is 14.0. The molecule has 3 N–H and O–H groups in total. The molecule has 0 aliphatic carbocycles. The second-order valence-corrected chi connectivity index (χ2v) is 4.53. The summed E-state index contributed by atoms with van der Waals surface area (Å²) >= 11 is 0. The molecule has 0 aliphatic heterocycles. The van der Waals surface area contributed by atoms with E-state index in [1.807, 2.05) is 13.0 Å². The summed E-state index contributed by atoms with van der Waals surface area (Å²) in [6.45, 7) is 4.86. The van der Waals surface area contributed by atoms with E-state index < -0.39 is 0 Å². The normalized spacial score (nSPS) is 11.9. The topological polar surface area (TPSA) is 82.7 Å². The first-order valence-electron chi connectivity index (χ1n) is 6.70. The second-order valence-electron chi connectivity index (χ2n) is 4.53. The highest BCUT2D eigenvalue weighted by atomic mass is 16.1. The van der Waals surface area contributed by atoms with Crippen LogP contribution in [0.25, 0.3) is 0 Å². The monoisotopic (exact) mass is 273 g/mol. The molecule has 1 unspecified atom stereocenters. The highest BCUT2D eigenvalue weighted by Gasteiger charge is 2.13. The number of hydrogen-bond acceptors (Lipinski definition) is 4. The number of carbonyl (C=O) groups excluding carboxylic acids is 1. The van der Waals surface area contributed by atoms with Gasteiger partial charge in [0.2, 0.25) is 0 Å². The molecule has 2 aromatic heterocycles. The van der Waals surface area contributed by atoms with Gasteiger partial charge in [-0.15, -0.1) is 0 Å². The predicted octanol–water partition coefficient (Wildman–Crippen LogP) is 2.12. The lowest BCUT2D eigenvalue weighted by Crippen LogP contribution is -2.28. The summed E-state index contributed by atoms with van der Waals surface area (Å²) < 4.78 is 0. The molecule has 0 aromatic carbocycles. The average molecular weight is 273 g/mol. The minimum atomic E-state index is -0.212. The fourth-order valence-electron chi connectivity index (χ4n) is 1.76. The van der Waals surface area contributed by atoms with Crippen LogP contribution in [0.2, 0.25) is 0 Å². The Kier molecular flexibility index (Phi) is 4.70. The quantitative estimate of drug-likeness (QED) is 0.753. The number of pyridine rings is 1. The molecule has 0 spiro atoms. The molecule has 6 nitrogen and oxygen atoms in total. The smallest absolute Gasteiger partial charge is 0.270 e. The van der Waals surface area contributed by atoms with E-state index in [0.717, 1.165) is 24.5 Å². The van der Waals surface area contributed by atoms with Gasteiger partial charge in [-0.2, -0.15) is 0 Å². The van der Waals surface area contributed by atoms with Crippen LogP contribution in [0.3, 0.4) is 0 Å². The van der Waals surface area contributed by atoms with E-state index in [1.165, 1.54) is 0 Å². The molecule has 0 fully saturated rings. The molecule has 1 amide bonds. The summed E-state index contributed by atoms with van der Waals surface area (Å²) in [6, 6.07) is 3.38. The number of hydrogen-bond donors (Lipinski definition) is 3. The number of imidazole rings is 1. The van der Waals surface area contributed by atoms with Gasteiger partial charge in [0.05, 0.1) is 17.9 Å². The van der Waals surface area contributed by atoms with Crippen molar-refractivity contribution in [2.45, 2.75) is 26.3 Å². The molecular formula is C14H19N5O. The fourth-order valence-corrected chi connectivity index (χ4v) is 1.76. The van der Waals surface area contributed by atoms with Crippen LogP contribution in [-0.2, 0) is 0 Å². The summed E-state index contributed by atoms with van der Waals surface area (Å²) in [6.07, 6.45) is 6.10. The number of amides is 1. The molecule has 2 heterocycles. The van der Waals surface area contributed by atoms with Crippen molar-refractivity contribution in [2.75, 3.05) is 11.9 Å². The van der Waals surface area contributed by atoms with Gasteiger partial charge in [-0.3, -0.25) is 4.79 Å². The molecule has 20 heavy (non-hydrogen) atoms. The molecule has 0 aliphatic rings. The number of aromatic amines is 1. The summed E-state index contributed by atoms with van der Waals surface area (Å²) in [5.41, 5.74) is 1.31. The lowest BCUT2D eigenvalue weighted by molar-refractivity contribution is 0.0933. The SMILES string of the molecule is CCCNc1ccc(C(=O)NC(C)c2ncc[nH]2)nc1. The first-order chi connectivity index (χ1) is 9.70. The van der Waals surface area contributed by atoms with E-state index in [0.29, 0.717) is 5.69 Å². The summed E-state index contributed by atoms with van der Waals surface area (Å²) in [5, 5.41) is 6.06. The van der Waals surface area contributed by atoms with Gasteiger partial charge in [0, 0.05) is 18.9 Å². The van der Waals surface area contributed by atoms with Crippen molar-refractivity contribution < 1.29 is 4.79 Å². The lowest BCUT2D eigenvalue weighted by Gasteiger charge is -2.11. The van der Waals surface area contributed by atoms with Gasteiger partial charge in [-0.05, 0) is 25.5 Å². The van der Waals surface area contributed by atoms with Crippen molar-refractivity contribution in [3.63, 3.8) is 0 Å². The molecule has 0 radical (unpaired) electrons. The Morgan fingerprint density at radius 1 is 1.40 bits per heavy atom. The minimum absolute atomic E-state index is 0.183. The standard InChI is InChI=1S/C14H19N5O/c1-3-6-15-11-4-5-12(18-9-11)14(20)19-10(2)13-16-7-8-17-13/h4-5,7-10,15H,3,6H2,1-2H3,(H,16,17)(H,19,20). The summed E-state index contributed by atoms with van der Waals surface area (Å²) in [4.78, 5) is 23.3. The maximum Gasteiger partial charge on any atom is 0.270 e. The van der Waals surface area contributed by atoms with Crippen LogP contribution in [-0.4, -0.2) is 27.4 Å². The summed E-state index contributed by atoms with van der Waals surface area (Å²) in [5.74, 6) is 0.510. The van der Waals surface area contributed by atoms with E-state index in [9.17, 15) is 4.79 Å². The number of nitrogens with one attached hydrogen (secondary N) is 3. The van der Waals surface area contributed by atoms with E-state index in [4.69, 9.17) is 0 Å². The van der Waals surface area contributed by atoms with Crippen LogP contribution in [0.15, 0.2) is 30.7 Å². The molecule has 106 valence electrons.